The van der Waals surface area contributed by atoms with Gasteiger partial charge in [-0.25, -0.2) is 13.6 Å². The van der Waals surface area contributed by atoms with E-state index in [0.717, 1.165) is 19.2 Å². The second kappa shape index (κ2) is 8.82. The minimum Gasteiger partial charge on any atom is -0.469 e. The summed E-state index contributed by atoms with van der Waals surface area (Å²) in [5, 5.41) is 2.37. The van der Waals surface area contributed by atoms with Crippen molar-refractivity contribution in [2.24, 2.45) is 0 Å². The lowest BCUT2D eigenvalue weighted by molar-refractivity contribution is -0.146. The monoisotopic (exact) mass is 329 g/mol. The maximum Gasteiger partial charge on any atom is 0.328 e. The van der Waals surface area contributed by atoms with E-state index in [-0.39, 0.29) is 24.8 Å². The number of carbonyl (C=O) groups is 3. The molecule has 126 valence electrons. The number of esters is 2. The zero-order chi connectivity index (χ0) is 17.4. The average Bonchev–Trinajstić information content (AvgIpc) is 2.49. The smallest absolute Gasteiger partial charge is 0.328 e. The van der Waals surface area contributed by atoms with Crippen LogP contribution in [0.2, 0.25) is 0 Å². The molecule has 0 heterocycles. The third kappa shape index (κ3) is 6.41. The minimum absolute atomic E-state index is 0.0113. The summed E-state index contributed by atoms with van der Waals surface area (Å²) in [7, 11) is 2.34. The van der Waals surface area contributed by atoms with Crippen LogP contribution < -0.4 is 5.32 Å². The van der Waals surface area contributed by atoms with Crippen LogP contribution in [0.4, 0.5) is 8.78 Å². The summed E-state index contributed by atoms with van der Waals surface area (Å²) in [5.74, 6) is -3.51. The van der Waals surface area contributed by atoms with Gasteiger partial charge < -0.3 is 14.8 Å². The molecule has 0 unspecified atom stereocenters. The predicted molar refractivity (Wildman–Crippen MR) is 75.3 cm³/mol. The molecule has 0 aliphatic rings. The molecule has 0 aliphatic carbocycles. The van der Waals surface area contributed by atoms with E-state index in [1.54, 1.807) is 0 Å². The number of methoxy groups -OCH3 is 2. The zero-order valence-electron chi connectivity index (χ0n) is 12.7. The van der Waals surface area contributed by atoms with Crippen molar-refractivity contribution in [1.82, 2.24) is 5.32 Å². The highest BCUT2D eigenvalue weighted by Crippen LogP contribution is 2.09. The molecule has 6 nitrogen and oxygen atoms in total. The molecule has 0 aromatic heterocycles. The predicted octanol–water partition coefficient (Wildman–Crippen LogP) is 1.12. The largest absolute Gasteiger partial charge is 0.469 e. The van der Waals surface area contributed by atoms with Crippen molar-refractivity contribution in [1.29, 1.82) is 0 Å². The SMILES string of the molecule is COC(=O)CC[C@H](NC(=O)Cc1cc(F)cc(F)c1)C(=O)OC. The number of benzene rings is 1. The number of nitrogens with one attached hydrogen (secondary N) is 1. The molecule has 0 saturated heterocycles. The van der Waals surface area contributed by atoms with E-state index in [4.69, 9.17) is 0 Å². The molecule has 1 N–H and O–H groups in total. The van der Waals surface area contributed by atoms with Gasteiger partial charge in [0, 0.05) is 12.5 Å². The molecule has 0 aliphatic heterocycles. The van der Waals surface area contributed by atoms with Crippen molar-refractivity contribution in [2.75, 3.05) is 14.2 Å². The fraction of sp³-hybridized carbons (Fsp3) is 0.400. The Morgan fingerprint density at radius 2 is 1.70 bits per heavy atom. The third-order valence-corrected chi connectivity index (χ3v) is 2.97. The van der Waals surface area contributed by atoms with Gasteiger partial charge in [0.15, 0.2) is 0 Å². The Labute approximate surface area is 131 Å². The summed E-state index contributed by atoms with van der Waals surface area (Å²) in [6.45, 7) is 0. The van der Waals surface area contributed by atoms with Crippen LogP contribution in [0.5, 0.6) is 0 Å². The van der Waals surface area contributed by atoms with Crippen LogP contribution in [0.15, 0.2) is 18.2 Å². The highest BCUT2D eigenvalue weighted by molar-refractivity contribution is 5.86. The van der Waals surface area contributed by atoms with Gasteiger partial charge in [0.25, 0.3) is 0 Å². The fourth-order valence-electron chi connectivity index (χ4n) is 1.90. The Balaban J connectivity index is 2.68. The summed E-state index contributed by atoms with van der Waals surface area (Å²) in [6.07, 6.45) is -0.422. The quantitative estimate of drug-likeness (QED) is 0.758. The Kier molecular flexibility index (Phi) is 7.11. The van der Waals surface area contributed by atoms with Gasteiger partial charge in [-0.15, -0.1) is 0 Å². The maximum atomic E-state index is 13.1. The topological polar surface area (TPSA) is 81.7 Å². The molecule has 0 radical (unpaired) electrons. The molecule has 8 heteroatoms. The highest BCUT2D eigenvalue weighted by atomic mass is 19.1. The molecular formula is C15H17F2NO5. The van der Waals surface area contributed by atoms with E-state index in [1.807, 2.05) is 0 Å². The van der Waals surface area contributed by atoms with Gasteiger partial charge in [-0.1, -0.05) is 0 Å². The Morgan fingerprint density at radius 1 is 1.09 bits per heavy atom. The first-order valence-electron chi connectivity index (χ1n) is 6.74. The molecule has 0 saturated carbocycles. The molecule has 1 atom stereocenters. The second-order valence-corrected chi connectivity index (χ2v) is 4.71. The van der Waals surface area contributed by atoms with Crippen molar-refractivity contribution < 1.29 is 32.6 Å². The fourth-order valence-corrected chi connectivity index (χ4v) is 1.90. The van der Waals surface area contributed by atoms with Gasteiger partial charge in [-0.2, -0.15) is 0 Å². The van der Waals surface area contributed by atoms with E-state index in [2.05, 4.69) is 14.8 Å². The lowest BCUT2D eigenvalue weighted by Crippen LogP contribution is -2.42. The third-order valence-electron chi connectivity index (χ3n) is 2.97. The van der Waals surface area contributed by atoms with Crippen LogP contribution in [0, 0.1) is 11.6 Å². The van der Waals surface area contributed by atoms with Gasteiger partial charge in [0.2, 0.25) is 5.91 Å². The van der Waals surface area contributed by atoms with E-state index < -0.39 is 35.5 Å². The summed E-state index contributed by atoms with van der Waals surface area (Å²) < 4.78 is 35.1. The molecule has 0 fully saturated rings. The van der Waals surface area contributed by atoms with Gasteiger partial charge >= 0.3 is 11.9 Å². The summed E-state index contributed by atoms with van der Waals surface area (Å²) >= 11 is 0. The second-order valence-electron chi connectivity index (χ2n) is 4.71. The summed E-state index contributed by atoms with van der Waals surface area (Å²) in [5.41, 5.74) is 0.122. The maximum absolute atomic E-state index is 13.1. The Morgan fingerprint density at radius 3 is 2.22 bits per heavy atom. The normalized spacial score (nSPS) is 11.5. The molecule has 1 aromatic rings. The molecular weight excluding hydrogens is 312 g/mol. The van der Waals surface area contributed by atoms with E-state index >= 15 is 0 Å². The number of rotatable bonds is 7. The number of hydrogen-bond acceptors (Lipinski definition) is 5. The summed E-state index contributed by atoms with van der Waals surface area (Å²) in [4.78, 5) is 34.6. The highest BCUT2D eigenvalue weighted by Gasteiger charge is 2.22. The van der Waals surface area contributed by atoms with Gasteiger partial charge in [0.05, 0.1) is 20.6 Å². The van der Waals surface area contributed by atoms with E-state index in [1.165, 1.54) is 7.11 Å². The Bertz CT molecular complexity index is 571. The van der Waals surface area contributed by atoms with Crippen molar-refractivity contribution in [3.05, 3.63) is 35.4 Å². The molecule has 0 spiro atoms. The zero-order valence-corrected chi connectivity index (χ0v) is 12.7. The lowest BCUT2D eigenvalue weighted by atomic mass is 10.1. The van der Waals surface area contributed by atoms with Crippen molar-refractivity contribution in [3.8, 4) is 0 Å². The van der Waals surface area contributed by atoms with Crippen LogP contribution in [0.25, 0.3) is 0 Å². The molecule has 23 heavy (non-hydrogen) atoms. The molecule has 1 aromatic carbocycles. The van der Waals surface area contributed by atoms with Gasteiger partial charge in [-0.05, 0) is 24.1 Å². The number of carbonyl (C=O) groups excluding carboxylic acids is 3. The minimum atomic E-state index is -1.05. The van der Waals surface area contributed by atoms with Gasteiger partial charge in [-0.3, -0.25) is 9.59 Å². The Hall–Kier alpha value is -2.51. The van der Waals surface area contributed by atoms with E-state index in [9.17, 15) is 23.2 Å². The van der Waals surface area contributed by atoms with E-state index in [0.29, 0.717) is 6.07 Å². The van der Waals surface area contributed by atoms with Crippen LogP contribution in [0.3, 0.4) is 0 Å². The average molecular weight is 329 g/mol. The molecule has 1 rings (SSSR count). The van der Waals surface area contributed by atoms with Crippen molar-refractivity contribution in [2.45, 2.75) is 25.3 Å². The van der Waals surface area contributed by atoms with Gasteiger partial charge in [0.1, 0.15) is 17.7 Å². The number of halogens is 2. The number of amides is 1. The standard InChI is InChI=1S/C15H17F2NO5/c1-22-14(20)4-3-12(15(21)23-2)18-13(19)7-9-5-10(16)8-11(17)6-9/h5-6,8,12H,3-4,7H2,1-2H3,(H,18,19)/t12-/m0/s1. The lowest BCUT2D eigenvalue weighted by Gasteiger charge is -2.16. The first-order valence-corrected chi connectivity index (χ1v) is 6.74. The van der Waals surface area contributed by atoms with Crippen LogP contribution in [-0.4, -0.2) is 38.1 Å². The first kappa shape index (κ1) is 18.5. The first-order chi connectivity index (χ1) is 10.8. The van der Waals surface area contributed by atoms with Crippen molar-refractivity contribution in [3.63, 3.8) is 0 Å². The van der Waals surface area contributed by atoms with Crippen LogP contribution >= 0.6 is 0 Å². The molecule has 1 amide bonds. The summed E-state index contributed by atoms with van der Waals surface area (Å²) in [6, 6.07) is 1.67. The van der Waals surface area contributed by atoms with Crippen LogP contribution in [0.1, 0.15) is 18.4 Å². The van der Waals surface area contributed by atoms with Crippen molar-refractivity contribution >= 4 is 17.8 Å². The molecule has 0 bridgehead atoms. The number of ether oxygens (including phenoxy) is 2. The number of hydrogen-bond donors (Lipinski definition) is 1. The van der Waals surface area contributed by atoms with Crippen LogP contribution in [-0.2, 0) is 30.3 Å².